The lowest BCUT2D eigenvalue weighted by Gasteiger charge is -2.12. The van der Waals surface area contributed by atoms with Crippen molar-refractivity contribution in [3.05, 3.63) is 24.0 Å². The van der Waals surface area contributed by atoms with E-state index in [9.17, 15) is 0 Å². The van der Waals surface area contributed by atoms with Gasteiger partial charge in [-0.1, -0.05) is 20.8 Å². The second kappa shape index (κ2) is 8.92. The summed E-state index contributed by atoms with van der Waals surface area (Å²) >= 11 is 0. The van der Waals surface area contributed by atoms with Crippen molar-refractivity contribution >= 4 is 0 Å². The van der Waals surface area contributed by atoms with E-state index in [0.29, 0.717) is 0 Å². The molecule has 1 heterocycles. The monoisotopic (exact) mass is 250 g/mol. The number of aromatic nitrogens is 1. The van der Waals surface area contributed by atoms with Crippen LogP contribution in [0.2, 0.25) is 0 Å². The van der Waals surface area contributed by atoms with Crippen molar-refractivity contribution in [1.82, 2.24) is 10.3 Å². The van der Waals surface area contributed by atoms with Crippen molar-refractivity contribution in [3.63, 3.8) is 0 Å². The molecule has 1 rings (SSSR count). The molecule has 0 radical (unpaired) electrons. The van der Waals surface area contributed by atoms with Crippen molar-refractivity contribution in [2.75, 3.05) is 13.2 Å². The smallest absolute Gasteiger partial charge is 0.126 e. The van der Waals surface area contributed by atoms with Crippen LogP contribution >= 0.6 is 0 Å². The van der Waals surface area contributed by atoms with E-state index < -0.39 is 0 Å². The SMILES string of the molecule is CCCNCc1cnccc1OCCCC(C)C. The lowest BCUT2D eigenvalue weighted by atomic mass is 10.1. The van der Waals surface area contributed by atoms with Gasteiger partial charge in [-0.3, -0.25) is 4.98 Å². The Kier molecular flexibility index (Phi) is 7.42. The Hall–Kier alpha value is -1.09. The van der Waals surface area contributed by atoms with Gasteiger partial charge in [0.1, 0.15) is 5.75 Å². The van der Waals surface area contributed by atoms with E-state index >= 15 is 0 Å². The summed E-state index contributed by atoms with van der Waals surface area (Å²) in [4.78, 5) is 4.16. The van der Waals surface area contributed by atoms with Gasteiger partial charge in [0.2, 0.25) is 0 Å². The molecule has 1 aromatic rings. The molecule has 102 valence electrons. The molecular formula is C15H26N2O. The maximum atomic E-state index is 5.84. The summed E-state index contributed by atoms with van der Waals surface area (Å²) in [6.45, 7) is 9.31. The molecule has 0 saturated carbocycles. The molecule has 0 saturated heterocycles. The Morgan fingerprint density at radius 3 is 2.94 bits per heavy atom. The van der Waals surface area contributed by atoms with Crippen LogP contribution in [0.25, 0.3) is 0 Å². The first-order valence-corrected chi connectivity index (χ1v) is 7.00. The van der Waals surface area contributed by atoms with Crippen LogP contribution in [0, 0.1) is 5.92 Å². The lowest BCUT2D eigenvalue weighted by Crippen LogP contribution is -2.15. The molecule has 0 bridgehead atoms. The summed E-state index contributed by atoms with van der Waals surface area (Å²) in [6, 6.07) is 1.96. The highest BCUT2D eigenvalue weighted by atomic mass is 16.5. The van der Waals surface area contributed by atoms with Gasteiger partial charge in [0.15, 0.2) is 0 Å². The van der Waals surface area contributed by atoms with E-state index in [4.69, 9.17) is 4.74 Å². The molecule has 3 heteroatoms. The third-order valence-electron chi connectivity index (χ3n) is 2.78. The molecule has 0 aliphatic heterocycles. The summed E-state index contributed by atoms with van der Waals surface area (Å²) in [5.74, 6) is 1.72. The Labute approximate surface area is 111 Å². The normalized spacial score (nSPS) is 10.9. The highest BCUT2D eigenvalue weighted by Crippen LogP contribution is 2.17. The van der Waals surface area contributed by atoms with Gasteiger partial charge >= 0.3 is 0 Å². The van der Waals surface area contributed by atoms with Gasteiger partial charge in [0.25, 0.3) is 0 Å². The largest absolute Gasteiger partial charge is 0.493 e. The van der Waals surface area contributed by atoms with Crippen LogP contribution in [-0.4, -0.2) is 18.1 Å². The van der Waals surface area contributed by atoms with Gasteiger partial charge in [0, 0.05) is 24.5 Å². The number of rotatable bonds is 9. The third kappa shape index (κ3) is 6.01. The molecule has 0 spiro atoms. The fourth-order valence-electron chi connectivity index (χ4n) is 1.76. The average molecular weight is 250 g/mol. The fourth-order valence-corrected chi connectivity index (χ4v) is 1.76. The van der Waals surface area contributed by atoms with Crippen LogP contribution in [0.3, 0.4) is 0 Å². The number of nitrogens with one attached hydrogen (secondary N) is 1. The second-order valence-corrected chi connectivity index (χ2v) is 5.04. The van der Waals surface area contributed by atoms with Crippen molar-refractivity contribution in [2.45, 2.75) is 46.6 Å². The van der Waals surface area contributed by atoms with Gasteiger partial charge in [-0.05, 0) is 37.8 Å². The van der Waals surface area contributed by atoms with Crippen LogP contribution in [0.1, 0.15) is 45.6 Å². The van der Waals surface area contributed by atoms with E-state index in [2.05, 4.69) is 31.1 Å². The van der Waals surface area contributed by atoms with Crippen molar-refractivity contribution in [3.8, 4) is 5.75 Å². The Morgan fingerprint density at radius 2 is 2.22 bits per heavy atom. The van der Waals surface area contributed by atoms with Crippen LogP contribution in [0.4, 0.5) is 0 Å². The van der Waals surface area contributed by atoms with Gasteiger partial charge in [-0.25, -0.2) is 0 Å². The van der Waals surface area contributed by atoms with Crippen molar-refractivity contribution in [2.24, 2.45) is 5.92 Å². The highest BCUT2D eigenvalue weighted by molar-refractivity contribution is 5.29. The number of pyridine rings is 1. The summed E-state index contributed by atoms with van der Waals surface area (Å²) in [5, 5.41) is 3.38. The average Bonchev–Trinajstić information content (AvgIpc) is 2.36. The van der Waals surface area contributed by atoms with Crippen LogP contribution < -0.4 is 10.1 Å². The second-order valence-electron chi connectivity index (χ2n) is 5.04. The quantitative estimate of drug-likeness (QED) is 0.682. The van der Waals surface area contributed by atoms with E-state index in [-0.39, 0.29) is 0 Å². The van der Waals surface area contributed by atoms with Crippen LogP contribution in [0.5, 0.6) is 5.75 Å². The summed E-state index contributed by atoms with van der Waals surface area (Å²) < 4.78 is 5.84. The zero-order chi connectivity index (χ0) is 13.2. The summed E-state index contributed by atoms with van der Waals surface area (Å²) in [5.41, 5.74) is 1.15. The number of hydrogen-bond donors (Lipinski definition) is 1. The predicted molar refractivity (Wildman–Crippen MR) is 75.8 cm³/mol. The number of ether oxygens (including phenoxy) is 1. The Morgan fingerprint density at radius 1 is 1.39 bits per heavy atom. The lowest BCUT2D eigenvalue weighted by molar-refractivity contribution is 0.294. The van der Waals surface area contributed by atoms with E-state index in [1.807, 2.05) is 12.3 Å². The summed E-state index contributed by atoms with van der Waals surface area (Å²) in [7, 11) is 0. The minimum atomic E-state index is 0.747. The molecule has 0 amide bonds. The predicted octanol–water partition coefficient (Wildman–Crippen LogP) is 3.40. The summed E-state index contributed by atoms with van der Waals surface area (Å²) in [6.07, 6.45) is 7.16. The Bertz CT molecular complexity index is 326. The fraction of sp³-hybridized carbons (Fsp3) is 0.667. The van der Waals surface area contributed by atoms with Crippen molar-refractivity contribution < 1.29 is 4.74 Å². The maximum Gasteiger partial charge on any atom is 0.126 e. The molecule has 0 fully saturated rings. The molecule has 0 aliphatic carbocycles. The Balaban J connectivity index is 2.38. The molecule has 0 unspecified atom stereocenters. The van der Waals surface area contributed by atoms with Crippen LogP contribution in [-0.2, 0) is 6.54 Å². The molecule has 3 nitrogen and oxygen atoms in total. The standard InChI is InChI=1S/C15H26N2O/c1-4-8-16-11-14-12-17-9-7-15(14)18-10-5-6-13(2)3/h7,9,12-13,16H,4-6,8,10-11H2,1-3H3. The van der Waals surface area contributed by atoms with E-state index in [0.717, 1.165) is 49.8 Å². The molecule has 0 atom stereocenters. The first kappa shape index (κ1) is 15.0. The third-order valence-corrected chi connectivity index (χ3v) is 2.78. The molecular weight excluding hydrogens is 224 g/mol. The van der Waals surface area contributed by atoms with E-state index in [1.54, 1.807) is 6.20 Å². The highest BCUT2D eigenvalue weighted by Gasteiger charge is 2.03. The zero-order valence-corrected chi connectivity index (χ0v) is 11.9. The van der Waals surface area contributed by atoms with Crippen molar-refractivity contribution in [1.29, 1.82) is 0 Å². The topological polar surface area (TPSA) is 34.2 Å². The zero-order valence-electron chi connectivity index (χ0n) is 11.9. The van der Waals surface area contributed by atoms with Crippen LogP contribution in [0.15, 0.2) is 18.5 Å². The van der Waals surface area contributed by atoms with Gasteiger partial charge in [-0.15, -0.1) is 0 Å². The molecule has 1 aromatic heterocycles. The number of nitrogens with zero attached hydrogens (tertiary/aromatic N) is 1. The first-order chi connectivity index (χ1) is 8.74. The van der Waals surface area contributed by atoms with Gasteiger partial charge < -0.3 is 10.1 Å². The van der Waals surface area contributed by atoms with Gasteiger partial charge in [-0.2, -0.15) is 0 Å². The molecule has 18 heavy (non-hydrogen) atoms. The molecule has 0 aromatic carbocycles. The molecule has 1 N–H and O–H groups in total. The minimum Gasteiger partial charge on any atom is -0.493 e. The first-order valence-electron chi connectivity index (χ1n) is 7.00. The van der Waals surface area contributed by atoms with E-state index in [1.165, 1.54) is 6.42 Å². The van der Waals surface area contributed by atoms with Gasteiger partial charge in [0.05, 0.1) is 6.61 Å². The number of hydrogen-bond acceptors (Lipinski definition) is 3. The minimum absolute atomic E-state index is 0.747. The molecule has 0 aliphatic rings. The maximum absolute atomic E-state index is 5.84.